The fourth-order valence-corrected chi connectivity index (χ4v) is 3.21. The van der Waals surface area contributed by atoms with Crippen LogP contribution in [-0.4, -0.2) is 44.4 Å². The third-order valence-corrected chi connectivity index (χ3v) is 4.47. The molecule has 2 heterocycles. The van der Waals surface area contributed by atoms with Gasteiger partial charge in [0.1, 0.15) is 0 Å². The molecule has 0 aromatic heterocycles. The number of carbonyl (C=O) groups excluding carboxylic acids is 2. The minimum atomic E-state index is -0.552. The smallest absolute Gasteiger partial charge is 0.315 e. The number of esters is 1. The minimum absolute atomic E-state index is 0.0966. The van der Waals surface area contributed by atoms with Gasteiger partial charge in [0, 0.05) is 31.6 Å². The van der Waals surface area contributed by atoms with E-state index in [0.717, 1.165) is 37.6 Å². The van der Waals surface area contributed by atoms with E-state index in [0.29, 0.717) is 0 Å². The van der Waals surface area contributed by atoms with E-state index in [1.807, 2.05) is 31.2 Å². The first-order valence-corrected chi connectivity index (χ1v) is 7.96. The fraction of sp³-hybridized carbons (Fsp3) is 0.529. The lowest BCUT2D eigenvalue weighted by Crippen LogP contribution is -2.37. The van der Waals surface area contributed by atoms with Gasteiger partial charge in [0.05, 0.1) is 19.1 Å². The maximum absolute atomic E-state index is 12.2. The Balaban J connectivity index is 1.73. The predicted octanol–water partition coefficient (Wildman–Crippen LogP) is 1.26. The topological polar surface area (TPSA) is 67.9 Å². The van der Waals surface area contributed by atoms with E-state index < -0.39 is 6.23 Å². The highest BCUT2D eigenvalue weighted by molar-refractivity contribution is 5.82. The number of morpholine rings is 1. The SMILES string of the molecule is CC(=O)N[C@@H]1OC(=O)C(c2ccc(N3CCOCC3)cc2)C1C. The molecule has 0 bridgehead atoms. The van der Waals surface area contributed by atoms with Crippen molar-refractivity contribution < 1.29 is 19.1 Å². The Hall–Kier alpha value is -2.08. The van der Waals surface area contributed by atoms with Crippen molar-refractivity contribution in [3.05, 3.63) is 29.8 Å². The monoisotopic (exact) mass is 318 g/mol. The Morgan fingerprint density at radius 3 is 2.48 bits per heavy atom. The van der Waals surface area contributed by atoms with Crippen LogP contribution < -0.4 is 10.2 Å². The fourth-order valence-electron chi connectivity index (χ4n) is 3.21. The van der Waals surface area contributed by atoms with E-state index in [1.165, 1.54) is 6.92 Å². The highest BCUT2D eigenvalue weighted by Gasteiger charge is 2.43. The van der Waals surface area contributed by atoms with Gasteiger partial charge in [-0.25, -0.2) is 0 Å². The average molecular weight is 318 g/mol. The maximum Gasteiger partial charge on any atom is 0.315 e. The summed E-state index contributed by atoms with van der Waals surface area (Å²) in [6.07, 6.45) is -0.552. The van der Waals surface area contributed by atoms with Crippen molar-refractivity contribution in [1.29, 1.82) is 0 Å². The number of nitrogens with zero attached hydrogens (tertiary/aromatic N) is 1. The number of hydrogen-bond acceptors (Lipinski definition) is 5. The predicted molar refractivity (Wildman–Crippen MR) is 85.1 cm³/mol. The quantitative estimate of drug-likeness (QED) is 0.850. The van der Waals surface area contributed by atoms with Crippen LogP contribution in [-0.2, 0) is 19.1 Å². The van der Waals surface area contributed by atoms with Crippen LogP contribution in [0.15, 0.2) is 24.3 Å². The molecular weight excluding hydrogens is 296 g/mol. The van der Waals surface area contributed by atoms with E-state index in [9.17, 15) is 9.59 Å². The summed E-state index contributed by atoms with van der Waals surface area (Å²) in [5.41, 5.74) is 2.06. The third-order valence-electron chi connectivity index (χ3n) is 4.47. The van der Waals surface area contributed by atoms with Gasteiger partial charge in [0.25, 0.3) is 0 Å². The Kier molecular flexibility index (Phi) is 4.52. The van der Waals surface area contributed by atoms with Crippen molar-refractivity contribution in [2.75, 3.05) is 31.2 Å². The van der Waals surface area contributed by atoms with Crippen LogP contribution in [0.4, 0.5) is 5.69 Å². The summed E-state index contributed by atoms with van der Waals surface area (Å²) >= 11 is 0. The molecule has 6 heteroatoms. The molecule has 2 aliphatic rings. The molecule has 2 fully saturated rings. The van der Waals surface area contributed by atoms with Crippen molar-refractivity contribution in [3.63, 3.8) is 0 Å². The van der Waals surface area contributed by atoms with E-state index >= 15 is 0 Å². The molecular formula is C17H22N2O4. The maximum atomic E-state index is 12.2. The van der Waals surface area contributed by atoms with Crippen molar-refractivity contribution >= 4 is 17.6 Å². The van der Waals surface area contributed by atoms with Gasteiger partial charge in [-0.3, -0.25) is 9.59 Å². The second kappa shape index (κ2) is 6.58. The van der Waals surface area contributed by atoms with Gasteiger partial charge in [-0.1, -0.05) is 19.1 Å². The summed E-state index contributed by atoms with van der Waals surface area (Å²) in [7, 11) is 0. The van der Waals surface area contributed by atoms with Crippen LogP contribution in [0.1, 0.15) is 25.3 Å². The van der Waals surface area contributed by atoms with Crippen LogP contribution in [0.2, 0.25) is 0 Å². The average Bonchev–Trinajstić information content (AvgIpc) is 2.82. The number of amides is 1. The highest BCUT2D eigenvalue weighted by Crippen LogP contribution is 2.36. The first kappa shape index (κ1) is 15.8. The number of hydrogen-bond donors (Lipinski definition) is 1. The zero-order chi connectivity index (χ0) is 16.4. The number of nitrogens with one attached hydrogen (secondary N) is 1. The lowest BCUT2D eigenvalue weighted by atomic mass is 9.88. The van der Waals surface area contributed by atoms with Gasteiger partial charge in [-0.05, 0) is 17.7 Å². The molecule has 0 radical (unpaired) electrons. The molecule has 124 valence electrons. The summed E-state index contributed by atoms with van der Waals surface area (Å²) in [6.45, 7) is 6.59. The summed E-state index contributed by atoms with van der Waals surface area (Å²) in [4.78, 5) is 25.6. The van der Waals surface area contributed by atoms with Gasteiger partial charge in [-0.2, -0.15) is 0 Å². The molecule has 2 aliphatic heterocycles. The van der Waals surface area contributed by atoms with Crippen molar-refractivity contribution in [2.24, 2.45) is 5.92 Å². The van der Waals surface area contributed by atoms with Crippen LogP contribution >= 0.6 is 0 Å². The molecule has 0 aliphatic carbocycles. The van der Waals surface area contributed by atoms with Gasteiger partial charge < -0.3 is 19.7 Å². The molecule has 3 rings (SSSR count). The van der Waals surface area contributed by atoms with E-state index in [4.69, 9.17) is 9.47 Å². The van der Waals surface area contributed by atoms with Gasteiger partial charge >= 0.3 is 5.97 Å². The lowest BCUT2D eigenvalue weighted by molar-refractivity contribution is -0.144. The largest absolute Gasteiger partial charge is 0.441 e. The van der Waals surface area contributed by atoms with E-state index in [-0.39, 0.29) is 23.7 Å². The van der Waals surface area contributed by atoms with Gasteiger partial charge in [-0.15, -0.1) is 0 Å². The first-order chi connectivity index (χ1) is 11.1. The molecule has 0 spiro atoms. The number of cyclic esters (lactones) is 1. The zero-order valence-electron chi connectivity index (χ0n) is 13.5. The summed E-state index contributed by atoms with van der Waals surface area (Å²) in [6, 6.07) is 8.02. The van der Waals surface area contributed by atoms with Crippen LogP contribution in [0.5, 0.6) is 0 Å². The molecule has 1 aromatic rings. The lowest BCUT2D eigenvalue weighted by Gasteiger charge is -2.29. The Bertz CT molecular complexity index is 581. The zero-order valence-corrected chi connectivity index (χ0v) is 13.5. The second-order valence-electron chi connectivity index (χ2n) is 6.09. The van der Waals surface area contributed by atoms with Crippen LogP contribution in [0.25, 0.3) is 0 Å². The first-order valence-electron chi connectivity index (χ1n) is 7.96. The molecule has 2 unspecified atom stereocenters. The Morgan fingerprint density at radius 1 is 1.22 bits per heavy atom. The van der Waals surface area contributed by atoms with Gasteiger partial charge in [0.15, 0.2) is 6.23 Å². The molecule has 6 nitrogen and oxygen atoms in total. The molecule has 3 atom stereocenters. The molecule has 1 amide bonds. The molecule has 2 saturated heterocycles. The Labute approximate surface area is 135 Å². The molecule has 1 N–H and O–H groups in total. The second-order valence-corrected chi connectivity index (χ2v) is 6.09. The molecule has 1 aromatic carbocycles. The summed E-state index contributed by atoms with van der Waals surface area (Å²) in [5, 5.41) is 2.68. The van der Waals surface area contributed by atoms with Crippen LogP contribution in [0.3, 0.4) is 0 Å². The minimum Gasteiger partial charge on any atom is -0.441 e. The van der Waals surface area contributed by atoms with E-state index in [2.05, 4.69) is 10.2 Å². The number of benzene rings is 1. The standard InChI is InChI=1S/C17H22N2O4/c1-11-15(17(21)23-16(11)18-12(2)20)13-3-5-14(6-4-13)19-7-9-22-10-8-19/h3-6,11,15-16H,7-10H2,1-2H3,(H,18,20)/t11?,15?,16-/m1/s1. The van der Waals surface area contributed by atoms with Gasteiger partial charge in [0.2, 0.25) is 5.91 Å². The molecule has 23 heavy (non-hydrogen) atoms. The normalized spacial score (nSPS) is 27.7. The van der Waals surface area contributed by atoms with Crippen molar-refractivity contribution in [3.8, 4) is 0 Å². The highest BCUT2D eigenvalue weighted by atomic mass is 16.6. The van der Waals surface area contributed by atoms with Crippen molar-refractivity contribution in [2.45, 2.75) is 26.0 Å². The number of carbonyl (C=O) groups is 2. The Morgan fingerprint density at radius 2 is 1.87 bits per heavy atom. The summed E-state index contributed by atoms with van der Waals surface area (Å²) < 4.78 is 10.7. The van der Waals surface area contributed by atoms with E-state index in [1.54, 1.807) is 0 Å². The number of rotatable bonds is 3. The van der Waals surface area contributed by atoms with Crippen molar-refractivity contribution in [1.82, 2.24) is 5.32 Å². The molecule has 0 saturated carbocycles. The number of ether oxygens (including phenoxy) is 2. The third kappa shape index (κ3) is 3.32. The number of anilines is 1. The summed E-state index contributed by atoms with van der Waals surface area (Å²) in [5.74, 6) is -0.917. The van der Waals surface area contributed by atoms with Crippen LogP contribution in [0, 0.1) is 5.92 Å².